The van der Waals surface area contributed by atoms with Crippen molar-refractivity contribution in [3.63, 3.8) is 0 Å². The van der Waals surface area contributed by atoms with Gasteiger partial charge in [0.15, 0.2) is 0 Å². The van der Waals surface area contributed by atoms with E-state index in [1.54, 1.807) is 0 Å². The Hall–Kier alpha value is -2.08. The first-order chi connectivity index (χ1) is 16.2. The van der Waals surface area contributed by atoms with Crippen LogP contribution in [0.1, 0.15) is 82.8 Å². The van der Waals surface area contributed by atoms with Crippen LogP contribution in [0, 0.1) is 0 Å². The molecule has 0 aliphatic heterocycles. The first-order valence-electron chi connectivity index (χ1n) is 12.8. The first kappa shape index (κ1) is 30.0. The van der Waals surface area contributed by atoms with Gasteiger partial charge in [0.1, 0.15) is 0 Å². The minimum atomic E-state index is 0. The summed E-state index contributed by atoms with van der Waals surface area (Å²) in [5.41, 5.74) is 7.03. The Kier molecular flexibility index (Phi) is 16.1. The largest absolute Gasteiger partial charge is 0.251 e. The fourth-order valence-electron chi connectivity index (χ4n) is 3.88. The quantitative estimate of drug-likeness (QED) is 0.0863. The van der Waals surface area contributed by atoms with Crippen LogP contribution in [0.25, 0.3) is 0 Å². The maximum atomic E-state index is 5.26. The predicted molar refractivity (Wildman–Crippen MR) is 148 cm³/mol. The third-order valence-electron chi connectivity index (χ3n) is 5.85. The minimum absolute atomic E-state index is 0. The summed E-state index contributed by atoms with van der Waals surface area (Å²) in [6.07, 6.45) is 15.6. The van der Waals surface area contributed by atoms with E-state index in [-0.39, 0.29) is 20.4 Å². The van der Waals surface area contributed by atoms with E-state index in [0.717, 1.165) is 80.6 Å². The van der Waals surface area contributed by atoms with Gasteiger partial charge in [-0.3, -0.25) is 9.98 Å². The number of nitrogens with zero attached hydrogens (tertiary/aromatic N) is 2. The van der Waals surface area contributed by atoms with Gasteiger partial charge in [-0.15, -0.1) is 13.2 Å². The van der Waals surface area contributed by atoms with Crippen molar-refractivity contribution >= 4 is 22.8 Å². The van der Waals surface area contributed by atoms with Crippen LogP contribution in [0.5, 0.6) is 0 Å². The van der Waals surface area contributed by atoms with Crippen molar-refractivity contribution in [2.45, 2.75) is 84.5 Å². The molecule has 0 saturated heterocycles. The molecular formula is C31H42N2Pd. The zero-order valence-corrected chi connectivity index (χ0v) is 22.7. The molecule has 2 aromatic carbocycles. The SMILES string of the molecule is C=CCCc1ccccc1/N=C(CCCC)/C(CCCCC)=N/c1ccccc1CCC=C.[Pd]. The van der Waals surface area contributed by atoms with Crippen molar-refractivity contribution in [3.05, 3.63) is 85.0 Å². The molecule has 2 aromatic rings. The van der Waals surface area contributed by atoms with E-state index in [2.05, 4.69) is 75.5 Å². The molecule has 0 aliphatic rings. The Bertz CT molecular complexity index is 927. The van der Waals surface area contributed by atoms with E-state index >= 15 is 0 Å². The smallest absolute Gasteiger partial charge is 0.0665 e. The maximum absolute atomic E-state index is 5.26. The van der Waals surface area contributed by atoms with E-state index in [0.29, 0.717) is 0 Å². The molecule has 34 heavy (non-hydrogen) atoms. The van der Waals surface area contributed by atoms with Crippen molar-refractivity contribution in [2.75, 3.05) is 0 Å². The number of hydrogen-bond acceptors (Lipinski definition) is 2. The van der Waals surface area contributed by atoms with Crippen molar-refractivity contribution in [1.82, 2.24) is 0 Å². The molecule has 0 radical (unpaired) electrons. The second-order valence-electron chi connectivity index (χ2n) is 8.59. The summed E-state index contributed by atoms with van der Waals surface area (Å²) in [5.74, 6) is 0. The van der Waals surface area contributed by atoms with E-state index in [1.165, 1.54) is 24.0 Å². The van der Waals surface area contributed by atoms with Crippen molar-refractivity contribution in [2.24, 2.45) is 9.98 Å². The average molecular weight is 549 g/mol. The summed E-state index contributed by atoms with van der Waals surface area (Å²) >= 11 is 0. The Morgan fingerprint density at radius 2 is 1.12 bits per heavy atom. The maximum Gasteiger partial charge on any atom is 0.0665 e. The molecule has 0 bridgehead atoms. The minimum Gasteiger partial charge on any atom is -0.251 e. The fraction of sp³-hybridized carbons (Fsp3) is 0.419. The molecule has 0 fully saturated rings. The van der Waals surface area contributed by atoms with Gasteiger partial charge in [-0.05, 0) is 74.6 Å². The molecule has 2 rings (SSSR count). The molecule has 0 spiro atoms. The average Bonchev–Trinajstić information content (AvgIpc) is 2.84. The number of rotatable bonds is 16. The number of benzene rings is 2. The zero-order chi connectivity index (χ0) is 23.7. The summed E-state index contributed by atoms with van der Waals surface area (Å²) in [5, 5.41) is 0. The molecular weight excluding hydrogens is 507 g/mol. The summed E-state index contributed by atoms with van der Waals surface area (Å²) in [6, 6.07) is 17.1. The van der Waals surface area contributed by atoms with Crippen LogP contribution in [0.15, 0.2) is 83.8 Å². The van der Waals surface area contributed by atoms with Crippen LogP contribution in [0.3, 0.4) is 0 Å². The van der Waals surface area contributed by atoms with E-state index in [9.17, 15) is 0 Å². The fourth-order valence-corrected chi connectivity index (χ4v) is 3.88. The molecule has 3 heteroatoms. The van der Waals surface area contributed by atoms with Crippen LogP contribution in [0.4, 0.5) is 11.4 Å². The predicted octanol–water partition coefficient (Wildman–Crippen LogP) is 9.54. The molecule has 2 nitrogen and oxygen atoms in total. The van der Waals surface area contributed by atoms with Crippen LogP contribution >= 0.6 is 0 Å². The van der Waals surface area contributed by atoms with Gasteiger partial charge in [0.05, 0.1) is 22.8 Å². The number of aryl methyl sites for hydroxylation is 2. The van der Waals surface area contributed by atoms with Crippen molar-refractivity contribution < 1.29 is 20.4 Å². The van der Waals surface area contributed by atoms with Gasteiger partial charge in [0.25, 0.3) is 0 Å². The summed E-state index contributed by atoms with van der Waals surface area (Å²) < 4.78 is 0. The summed E-state index contributed by atoms with van der Waals surface area (Å²) in [7, 11) is 0. The van der Waals surface area contributed by atoms with Gasteiger partial charge < -0.3 is 0 Å². The third kappa shape index (κ3) is 10.5. The van der Waals surface area contributed by atoms with Crippen LogP contribution in [-0.4, -0.2) is 11.4 Å². The van der Waals surface area contributed by atoms with E-state index < -0.39 is 0 Å². The molecule has 0 N–H and O–H groups in total. The molecule has 0 unspecified atom stereocenters. The number of allylic oxidation sites excluding steroid dienone is 2. The number of aliphatic imine (C=N–C) groups is 2. The van der Waals surface area contributed by atoms with Gasteiger partial charge >= 0.3 is 0 Å². The monoisotopic (exact) mass is 548 g/mol. The second kappa shape index (κ2) is 18.3. The Labute approximate surface area is 222 Å². The second-order valence-corrected chi connectivity index (χ2v) is 8.59. The van der Waals surface area contributed by atoms with Crippen LogP contribution < -0.4 is 0 Å². The number of hydrogen-bond donors (Lipinski definition) is 0. The Morgan fingerprint density at radius 1 is 0.676 bits per heavy atom. The normalized spacial score (nSPS) is 11.7. The first-order valence-corrected chi connectivity index (χ1v) is 12.8. The third-order valence-corrected chi connectivity index (χ3v) is 5.85. The number of para-hydroxylation sites is 2. The van der Waals surface area contributed by atoms with Gasteiger partial charge in [0, 0.05) is 20.4 Å². The summed E-state index contributed by atoms with van der Waals surface area (Å²) in [6.45, 7) is 12.3. The van der Waals surface area contributed by atoms with Gasteiger partial charge in [-0.25, -0.2) is 0 Å². The summed E-state index contributed by atoms with van der Waals surface area (Å²) in [4.78, 5) is 10.5. The Balaban J connectivity index is 0.00000578. The molecule has 0 atom stereocenters. The van der Waals surface area contributed by atoms with Crippen molar-refractivity contribution in [3.8, 4) is 0 Å². The topological polar surface area (TPSA) is 24.7 Å². The Morgan fingerprint density at radius 3 is 1.56 bits per heavy atom. The van der Waals surface area contributed by atoms with Crippen molar-refractivity contribution in [1.29, 1.82) is 0 Å². The molecule has 0 aliphatic carbocycles. The van der Waals surface area contributed by atoms with E-state index in [1.807, 2.05) is 12.2 Å². The molecule has 0 aromatic heterocycles. The molecule has 0 heterocycles. The molecule has 0 saturated carbocycles. The molecule has 186 valence electrons. The van der Waals surface area contributed by atoms with E-state index in [4.69, 9.17) is 9.98 Å². The van der Waals surface area contributed by atoms with Gasteiger partial charge in [0.2, 0.25) is 0 Å². The van der Waals surface area contributed by atoms with Crippen LogP contribution in [-0.2, 0) is 33.3 Å². The standard InChI is InChI=1S/C31H42N2.Pd/c1-5-9-13-25-31(33-29-24-17-15-21-27(29)19-11-7-3)30(22-12-8-4)32-28-23-16-14-20-26(28)18-10-6-2;/h6-7,14-17,20-21,23-24H,2-3,5,8-13,18-19,22,25H2,1,4H3;/b32-30+,33-31+;. The zero-order valence-electron chi connectivity index (χ0n) is 21.2. The van der Waals surface area contributed by atoms with Gasteiger partial charge in [-0.1, -0.05) is 81.7 Å². The van der Waals surface area contributed by atoms with Crippen LogP contribution in [0.2, 0.25) is 0 Å². The number of unbranched alkanes of at least 4 members (excludes halogenated alkanes) is 3. The van der Waals surface area contributed by atoms with Gasteiger partial charge in [-0.2, -0.15) is 0 Å². The molecule has 0 amide bonds.